The van der Waals surface area contributed by atoms with Crippen LogP contribution in [0, 0.1) is 0 Å². The highest BCUT2D eigenvalue weighted by atomic mass is 32.5. The number of carbonyl (C=O) groups excluding carboxylic acids is 1. The first-order valence-corrected chi connectivity index (χ1v) is 18.0. The molecule has 0 aromatic rings. The number of likely N-dealkylation sites (N-methyl/N-ethyl adjacent to an activating group) is 1. The third-order valence-corrected chi connectivity index (χ3v) is 8.13. The maximum Gasteiger partial charge on any atom is 0.324 e. The zero-order valence-electron chi connectivity index (χ0n) is 25.5. The lowest BCUT2D eigenvalue weighted by Gasteiger charge is -2.25. The minimum absolute atomic E-state index is 0.0116. The van der Waals surface area contributed by atoms with Crippen LogP contribution in [0.1, 0.15) is 116 Å². The first-order valence-electron chi connectivity index (χ1n) is 15.4. The monoisotopic (exact) mass is 597 g/mol. The van der Waals surface area contributed by atoms with Crippen LogP contribution in [0.25, 0.3) is 0 Å². The fourth-order valence-electron chi connectivity index (χ4n) is 4.02. The van der Waals surface area contributed by atoms with Gasteiger partial charge in [0.25, 0.3) is 0 Å². The van der Waals surface area contributed by atoms with Crippen LogP contribution in [0.15, 0.2) is 0 Å². The molecule has 0 aromatic carbocycles. The van der Waals surface area contributed by atoms with Gasteiger partial charge in [-0.05, 0) is 37.5 Å². The summed E-state index contributed by atoms with van der Waals surface area (Å²) in [5.74, 6) is -1.06. The summed E-state index contributed by atoms with van der Waals surface area (Å²) < 4.78 is 23.3. The third-order valence-electron chi connectivity index (χ3n) is 6.51. The Morgan fingerprint density at radius 3 is 1.79 bits per heavy atom. The molecule has 0 saturated heterocycles. The number of hydrogen-bond donors (Lipinski definition) is 1. The lowest BCUT2D eigenvalue weighted by Crippen LogP contribution is -2.37. The molecule has 2 atom stereocenters. The number of rotatable bonds is 30. The van der Waals surface area contributed by atoms with Crippen LogP contribution in [-0.4, -0.2) is 82.2 Å². The number of hydrogen-bond acceptors (Lipinski definition) is 7. The largest absolute Gasteiger partial charge is 0.550 e. The Bertz CT molecular complexity index is 619. The Hall–Kier alpha value is -0.120. The first-order chi connectivity index (χ1) is 18.6. The number of quaternary nitrogens is 1. The minimum Gasteiger partial charge on any atom is -0.550 e. The second kappa shape index (κ2) is 25.6. The van der Waals surface area contributed by atoms with Gasteiger partial charge in [-0.1, -0.05) is 90.4 Å². The van der Waals surface area contributed by atoms with Crippen LogP contribution >= 0.6 is 6.72 Å². The van der Waals surface area contributed by atoms with E-state index in [4.69, 9.17) is 30.3 Å². The van der Waals surface area contributed by atoms with Gasteiger partial charge in [0.05, 0.1) is 34.4 Å². The van der Waals surface area contributed by atoms with Crippen molar-refractivity contribution in [2.45, 2.75) is 122 Å². The topological polar surface area (TPSA) is 97.3 Å². The van der Waals surface area contributed by atoms with Crippen LogP contribution in [-0.2, 0) is 35.1 Å². The Morgan fingerprint density at radius 1 is 0.769 bits per heavy atom. The van der Waals surface area contributed by atoms with E-state index in [-0.39, 0.29) is 13.0 Å². The van der Waals surface area contributed by atoms with Gasteiger partial charge in [-0.3, -0.25) is 0 Å². The zero-order chi connectivity index (χ0) is 29.2. The van der Waals surface area contributed by atoms with Crippen molar-refractivity contribution in [2.75, 3.05) is 60.7 Å². The maximum absolute atomic E-state index is 10.6. The summed E-state index contributed by atoms with van der Waals surface area (Å²) >= 11 is 5.13. The predicted molar refractivity (Wildman–Crippen MR) is 161 cm³/mol. The SMILES string of the molecule is CCCCCCCCCCCCCCCCOCC(COP(O)(=S)OCC[N+](C)(C)C)OCCCCC(=O)[O-]. The highest BCUT2D eigenvalue weighted by Crippen LogP contribution is 2.43. The second-order valence-electron chi connectivity index (χ2n) is 11.6. The number of ether oxygens (including phenoxy) is 2. The van der Waals surface area contributed by atoms with Crippen molar-refractivity contribution in [1.29, 1.82) is 0 Å². The van der Waals surface area contributed by atoms with E-state index in [1.54, 1.807) is 0 Å². The fraction of sp³-hybridized carbons (Fsp3) is 0.966. The van der Waals surface area contributed by atoms with E-state index in [0.717, 1.165) is 12.8 Å². The maximum atomic E-state index is 10.6. The summed E-state index contributed by atoms with van der Waals surface area (Å²) in [5, 5.41) is 10.6. The standard InChI is InChI=1S/C29H60NO7PS/c1-5-6-7-8-9-10-11-12-13-14-15-16-17-19-23-34-26-28(35-24-20-18-21-29(31)32)27-37-38(33,39)36-25-22-30(2,3)4/h28H,5-27H2,1-4H3,(H-,31,32,33,39). The Morgan fingerprint density at radius 2 is 1.28 bits per heavy atom. The van der Waals surface area contributed by atoms with E-state index in [9.17, 15) is 14.8 Å². The lowest BCUT2D eigenvalue weighted by molar-refractivity contribution is -0.870. The zero-order valence-corrected chi connectivity index (χ0v) is 27.3. The molecular weight excluding hydrogens is 537 g/mol. The van der Waals surface area contributed by atoms with Gasteiger partial charge in [0.2, 0.25) is 0 Å². The summed E-state index contributed by atoms with van der Waals surface area (Å²) in [6, 6.07) is 0. The first kappa shape index (κ1) is 38.9. The second-order valence-corrected chi connectivity index (χ2v) is 14.4. The quantitative estimate of drug-likeness (QED) is 0.0636. The number of carboxylic acid groups (broad SMARTS) is 1. The van der Waals surface area contributed by atoms with Gasteiger partial charge >= 0.3 is 6.72 Å². The lowest BCUT2D eigenvalue weighted by atomic mass is 10.0. The number of aliphatic carboxylic acids is 1. The van der Waals surface area contributed by atoms with Crippen LogP contribution in [0.2, 0.25) is 0 Å². The molecule has 0 amide bonds. The number of nitrogens with zero attached hydrogens (tertiary/aromatic N) is 1. The summed E-state index contributed by atoms with van der Waals surface area (Å²) in [7, 11) is 6.10. The Balaban J connectivity index is 4.02. The van der Waals surface area contributed by atoms with Crippen molar-refractivity contribution < 1.29 is 37.8 Å². The van der Waals surface area contributed by atoms with Crippen molar-refractivity contribution in [1.82, 2.24) is 0 Å². The van der Waals surface area contributed by atoms with Gasteiger partial charge < -0.3 is 37.8 Å². The normalized spacial score (nSPS) is 14.4. The molecule has 0 bridgehead atoms. The molecule has 234 valence electrons. The van der Waals surface area contributed by atoms with Gasteiger partial charge in [-0.2, -0.15) is 0 Å². The Kier molecular flexibility index (Phi) is 25.5. The number of carbonyl (C=O) groups is 1. The number of carboxylic acids is 1. The molecule has 8 nitrogen and oxygen atoms in total. The summed E-state index contributed by atoms with van der Waals surface area (Å²) in [6.45, 7) is 1.32. The molecule has 0 heterocycles. The molecule has 0 aliphatic heterocycles. The van der Waals surface area contributed by atoms with E-state index >= 15 is 0 Å². The predicted octanol–water partition coefficient (Wildman–Crippen LogP) is 5.75. The van der Waals surface area contributed by atoms with Gasteiger partial charge in [-0.25, -0.2) is 0 Å². The molecule has 0 aliphatic rings. The Labute approximate surface area is 245 Å². The number of unbranched alkanes of at least 4 members (excludes halogenated alkanes) is 14. The molecule has 0 aromatic heterocycles. The summed E-state index contributed by atoms with van der Waals surface area (Å²) in [5.41, 5.74) is 0. The van der Waals surface area contributed by atoms with Crippen molar-refractivity contribution in [3.8, 4) is 0 Å². The molecule has 2 unspecified atom stereocenters. The van der Waals surface area contributed by atoms with Crippen LogP contribution in [0.4, 0.5) is 0 Å². The van der Waals surface area contributed by atoms with Crippen molar-refractivity contribution in [3.05, 3.63) is 0 Å². The molecule has 10 heteroatoms. The average Bonchev–Trinajstić information content (AvgIpc) is 2.85. The molecule has 0 aliphatic carbocycles. The van der Waals surface area contributed by atoms with E-state index in [1.165, 1.54) is 77.0 Å². The minimum atomic E-state index is -3.36. The molecule has 0 saturated carbocycles. The third kappa shape index (κ3) is 30.7. The molecule has 0 spiro atoms. The van der Waals surface area contributed by atoms with Gasteiger partial charge in [0.15, 0.2) is 0 Å². The van der Waals surface area contributed by atoms with Gasteiger partial charge in [0.1, 0.15) is 19.3 Å². The molecule has 0 radical (unpaired) electrons. The highest BCUT2D eigenvalue weighted by molar-refractivity contribution is 8.07. The molecular formula is C29H60NO7PS. The van der Waals surface area contributed by atoms with Crippen molar-refractivity contribution in [3.63, 3.8) is 0 Å². The van der Waals surface area contributed by atoms with E-state index < -0.39 is 18.8 Å². The van der Waals surface area contributed by atoms with Crippen LogP contribution in [0.5, 0.6) is 0 Å². The average molecular weight is 598 g/mol. The van der Waals surface area contributed by atoms with Gasteiger partial charge in [-0.15, -0.1) is 0 Å². The molecule has 0 fully saturated rings. The van der Waals surface area contributed by atoms with Crippen molar-refractivity contribution >= 4 is 24.5 Å². The van der Waals surface area contributed by atoms with Crippen LogP contribution in [0.3, 0.4) is 0 Å². The van der Waals surface area contributed by atoms with Gasteiger partial charge in [0, 0.05) is 19.2 Å². The molecule has 0 rings (SSSR count). The van der Waals surface area contributed by atoms with E-state index in [2.05, 4.69) is 6.92 Å². The van der Waals surface area contributed by atoms with Crippen molar-refractivity contribution in [2.24, 2.45) is 0 Å². The van der Waals surface area contributed by atoms with E-state index in [0.29, 0.717) is 50.3 Å². The smallest absolute Gasteiger partial charge is 0.324 e. The van der Waals surface area contributed by atoms with E-state index in [1.807, 2.05) is 21.1 Å². The fourth-order valence-corrected chi connectivity index (χ4v) is 5.17. The summed E-state index contributed by atoms with van der Waals surface area (Å²) in [4.78, 5) is 20.9. The summed E-state index contributed by atoms with van der Waals surface area (Å²) in [6.07, 6.45) is 19.1. The molecule has 1 N–H and O–H groups in total. The highest BCUT2D eigenvalue weighted by Gasteiger charge is 2.21. The molecule has 39 heavy (non-hydrogen) atoms. The van der Waals surface area contributed by atoms with Crippen LogP contribution < -0.4 is 5.11 Å².